The Hall–Kier alpha value is -0.880. The monoisotopic (exact) mass is 315 g/mol. The van der Waals surface area contributed by atoms with E-state index in [2.05, 4.69) is 21.0 Å². The smallest absolute Gasteiger partial charge is 0.224 e. The number of morpholine rings is 1. The number of nitrogens with zero attached hydrogens (tertiary/aromatic N) is 3. The zero-order valence-corrected chi connectivity index (χ0v) is 12.4. The van der Waals surface area contributed by atoms with Gasteiger partial charge in [0, 0.05) is 25.2 Å². The molecule has 1 aromatic rings. The van der Waals surface area contributed by atoms with Crippen LogP contribution in [0.15, 0.2) is 4.47 Å². The minimum atomic E-state index is 0.182. The third-order valence-electron chi connectivity index (χ3n) is 3.19. The van der Waals surface area contributed by atoms with Crippen molar-refractivity contribution < 1.29 is 9.53 Å². The quantitative estimate of drug-likeness (QED) is 0.849. The Kier molecular flexibility index (Phi) is 4.40. The highest BCUT2D eigenvalue weighted by atomic mass is 79.9. The summed E-state index contributed by atoms with van der Waals surface area (Å²) in [5.74, 6) is 0.182. The number of hydrogen-bond donors (Lipinski definition) is 0. The summed E-state index contributed by atoms with van der Waals surface area (Å²) in [5.41, 5.74) is 2.04. The van der Waals surface area contributed by atoms with E-state index in [9.17, 15) is 4.79 Å². The molecule has 1 saturated heterocycles. The van der Waals surface area contributed by atoms with Crippen LogP contribution in [0.1, 0.15) is 17.8 Å². The van der Waals surface area contributed by atoms with Crippen molar-refractivity contribution >= 4 is 21.8 Å². The minimum Gasteiger partial charge on any atom is -0.378 e. The molecule has 1 aliphatic heterocycles. The van der Waals surface area contributed by atoms with Crippen LogP contribution in [-0.4, -0.2) is 46.9 Å². The number of rotatable bonds is 3. The Morgan fingerprint density at radius 1 is 1.39 bits per heavy atom. The van der Waals surface area contributed by atoms with Gasteiger partial charge in [-0.25, -0.2) is 0 Å². The molecule has 5 nitrogen and oxygen atoms in total. The fraction of sp³-hybridized carbons (Fsp3) is 0.667. The molecule has 1 amide bonds. The molecule has 1 aliphatic rings. The van der Waals surface area contributed by atoms with Gasteiger partial charge in [0.05, 0.1) is 29.9 Å². The maximum Gasteiger partial charge on any atom is 0.224 e. The van der Waals surface area contributed by atoms with E-state index in [4.69, 9.17) is 4.74 Å². The number of aryl methyl sites for hydroxylation is 2. The third kappa shape index (κ3) is 2.92. The number of amides is 1. The standard InChI is InChI=1S/C12H18BrN3O2/c1-9-12(13)10(2)16(14-9)4-3-11(17)15-5-7-18-8-6-15/h3-8H2,1-2H3. The normalized spacial score (nSPS) is 16.1. The average molecular weight is 316 g/mol. The second kappa shape index (κ2) is 5.84. The summed E-state index contributed by atoms with van der Waals surface area (Å²) < 4.78 is 8.15. The maximum absolute atomic E-state index is 12.0. The van der Waals surface area contributed by atoms with E-state index in [0.29, 0.717) is 39.3 Å². The third-order valence-corrected chi connectivity index (χ3v) is 4.34. The van der Waals surface area contributed by atoms with Gasteiger partial charge in [-0.15, -0.1) is 0 Å². The molecule has 0 saturated carbocycles. The van der Waals surface area contributed by atoms with Gasteiger partial charge in [-0.2, -0.15) is 5.10 Å². The lowest BCUT2D eigenvalue weighted by molar-refractivity contribution is -0.135. The van der Waals surface area contributed by atoms with Crippen LogP contribution in [0.5, 0.6) is 0 Å². The zero-order chi connectivity index (χ0) is 13.1. The summed E-state index contributed by atoms with van der Waals surface area (Å²) in [4.78, 5) is 13.9. The number of carbonyl (C=O) groups excluding carboxylic acids is 1. The molecule has 0 N–H and O–H groups in total. The number of hydrogen-bond acceptors (Lipinski definition) is 3. The van der Waals surface area contributed by atoms with E-state index >= 15 is 0 Å². The first-order valence-corrected chi connectivity index (χ1v) is 6.94. The molecular weight excluding hydrogens is 298 g/mol. The van der Waals surface area contributed by atoms with Crippen molar-refractivity contribution in [2.45, 2.75) is 26.8 Å². The van der Waals surface area contributed by atoms with Crippen molar-refractivity contribution in [1.29, 1.82) is 0 Å². The molecule has 0 spiro atoms. The van der Waals surface area contributed by atoms with Gasteiger partial charge in [-0.1, -0.05) is 0 Å². The van der Waals surface area contributed by atoms with Crippen LogP contribution in [0.3, 0.4) is 0 Å². The van der Waals surface area contributed by atoms with Crippen molar-refractivity contribution in [3.63, 3.8) is 0 Å². The second-order valence-corrected chi connectivity index (χ2v) is 5.24. The molecule has 0 aromatic carbocycles. The molecule has 2 rings (SSSR count). The Morgan fingerprint density at radius 2 is 2.06 bits per heavy atom. The van der Waals surface area contributed by atoms with Crippen molar-refractivity contribution in [3.8, 4) is 0 Å². The lowest BCUT2D eigenvalue weighted by Crippen LogP contribution is -2.41. The Balaban J connectivity index is 1.90. The molecule has 0 unspecified atom stereocenters. The summed E-state index contributed by atoms with van der Waals surface area (Å²) in [6.07, 6.45) is 0.494. The van der Waals surface area contributed by atoms with E-state index < -0.39 is 0 Å². The van der Waals surface area contributed by atoms with Crippen LogP contribution in [0, 0.1) is 13.8 Å². The molecule has 0 atom stereocenters. The van der Waals surface area contributed by atoms with Crippen LogP contribution in [0.4, 0.5) is 0 Å². The van der Waals surface area contributed by atoms with Crippen molar-refractivity contribution in [2.75, 3.05) is 26.3 Å². The van der Waals surface area contributed by atoms with Gasteiger partial charge in [-0.05, 0) is 29.8 Å². The van der Waals surface area contributed by atoms with Gasteiger partial charge in [0.25, 0.3) is 0 Å². The molecule has 2 heterocycles. The highest BCUT2D eigenvalue weighted by Gasteiger charge is 2.17. The first kappa shape index (κ1) is 13.5. The summed E-state index contributed by atoms with van der Waals surface area (Å²) in [6.45, 7) is 7.31. The van der Waals surface area contributed by atoms with E-state index in [1.165, 1.54) is 0 Å². The van der Waals surface area contributed by atoms with Gasteiger partial charge in [-0.3, -0.25) is 9.48 Å². The topological polar surface area (TPSA) is 47.4 Å². The number of ether oxygens (including phenoxy) is 1. The molecule has 1 fully saturated rings. The van der Waals surface area contributed by atoms with Gasteiger partial charge < -0.3 is 9.64 Å². The second-order valence-electron chi connectivity index (χ2n) is 4.45. The van der Waals surface area contributed by atoms with Crippen LogP contribution in [0.2, 0.25) is 0 Å². The Morgan fingerprint density at radius 3 is 2.61 bits per heavy atom. The molecule has 6 heteroatoms. The molecule has 0 radical (unpaired) electrons. The van der Waals surface area contributed by atoms with Crippen LogP contribution < -0.4 is 0 Å². The first-order chi connectivity index (χ1) is 8.59. The number of halogens is 1. The lowest BCUT2D eigenvalue weighted by atomic mass is 10.3. The lowest BCUT2D eigenvalue weighted by Gasteiger charge is -2.26. The van der Waals surface area contributed by atoms with Gasteiger partial charge in [0.15, 0.2) is 0 Å². The van der Waals surface area contributed by atoms with Crippen LogP contribution >= 0.6 is 15.9 Å². The summed E-state index contributed by atoms with van der Waals surface area (Å²) >= 11 is 3.49. The number of aromatic nitrogens is 2. The predicted octanol–water partition coefficient (Wildman–Crippen LogP) is 1.51. The van der Waals surface area contributed by atoms with E-state index in [0.717, 1.165) is 15.9 Å². The average Bonchev–Trinajstić information content (AvgIpc) is 2.64. The Bertz CT molecular complexity index is 439. The van der Waals surface area contributed by atoms with Gasteiger partial charge >= 0.3 is 0 Å². The highest BCUT2D eigenvalue weighted by Crippen LogP contribution is 2.19. The zero-order valence-electron chi connectivity index (χ0n) is 10.8. The van der Waals surface area contributed by atoms with Crippen LogP contribution in [0.25, 0.3) is 0 Å². The van der Waals surface area contributed by atoms with Crippen molar-refractivity contribution in [2.24, 2.45) is 0 Å². The molecule has 18 heavy (non-hydrogen) atoms. The van der Waals surface area contributed by atoms with Crippen molar-refractivity contribution in [1.82, 2.24) is 14.7 Å². The summed E-state index contributed by atoms with van der Waals surface area (Å²) in [6, 6.07) is 0. The molecular formula is C12H18BrN3O2. The fourth-order valence-corrected chi connectivity index (χ4v) is 2.35. The predicted molar refractivity (Wildman–Crippen MR) is 71.4 cm³/mol. The first-order valence-electron chi connectivity index (χ1n) is 6.14. The van der Waals surface area contributed by atoms with E-state index in [-0.39, 0.29) is 5.91 Å². The summed E-state index contributed by atoms with van der Waals surface area (Å²) in [5, 5.41) is 4.40. The van der Waals surface area contributed by atoms with E-state index in [1.807, 2.05) is 23.4 Å². The SMILES string of the molecule is Cc1nn(CCC(=O)N2CCOCC2)c(C)c1Br. The molecule has 0 aliphatic carbocycles. The van der Waals surface area contributed by atoms with E-state index in [1.54, 1.807) is 0 Å². The van der Waals surface area contributed by atoms with Gasteiger partial charge in [0.2, 0.25) is 5.91 Å². The van der Waals surface area contributed by atoms with Crippen molar-refractivity contribution in [3.05, 3.63) is 15.9 Å². The number of carbonyl (C=O) groups is 1. The largest absolute Gasteiger partial charge is 0.378 e. The fourth-order valence-electron chi connectivity index (χ4n) is 2.07. The van der Waals surface area contributed by atoms with Crippen LogP contribution in [-0.2, 0) is 16.1 Å². The highest BCUT2D eigenvalue weighted by molar-refractivity contribution is 9.10. The minimum absolute atomic E-state index is 0.182. The molecule has 0 bridgehead atoms. The summed E-state index contributed by atoms with van der Waals surface area (Å²) in [7, 11) is 0. The molecule has 1 aromatic heterocycles. The Labute approximate surface area is 115 Å². The van der Waals surface area contributed by atoms with Gasteiger partial charge in [0.1, 0.15) is 0 Å². The maximum atomic E-state index is 12.0. The molecule has 100 valence electrons.